The van der Waals surface area contributed by atoms with E-state index >= 15 is 0 Å². The number of nitrogens with zero attached hydrogens (tertiary/aromatic N) is 1. The Bertz CT molecular complexity index is 657. The van der Waals surface area contributed by atoms with Crippen molar-refractivity contribution in [2.24, 2.45) is 4.40 Å². The molecule has 0 spiro atoms. The first-order valence-corrected chi connectivity index (χ1v) is 7.44. The van der Waals surface area contributed by atoms with Crippen LogP contribution in [0.2, 0.25) is 0 Å². The number of ether oxygens (including phenoxy) is 1. The summed E-state index contributed by atoms with van der Waals surface area (Å²) in [6.45, 7) is 5.04. The molecule has 0 aliphatic carbocycles. The summed E-state index contributed by atoms with van der Waals surface area (Å²) in [5.74, 6) is -0.769. The number of aryl methyl sites for hydroxylation is 1. The number of esters is 1. The second kappa shape index (κ2) is 6.45. The lowest BCUT2D eigenvalue weighted by Gasteiger charge is -2.12. The lowest BCUT2D eigenvalue weighted by Crippen LogP contribution is -2.16. The Morgan fingerprint density at radius 1 is 1.40 bits per heavy atom. The Kier molecular flexibility index (Phi) is 5.19. The first-order valence-electron chi connectivity index (χ1n) is 6.00. The molecule has 0 saturated carbocycles. The fraction of sp³-hybridized carbons (Fsp3) is 0.385. The molecule has 0 aliphatic heterocycles. The van der Waals surface area contributed by atoms with Crippen molar-refractivity contribution in [1.82, 2.24) is 0 Å². The van der Waals surface area contributed by atoms with Gasteiger partial charge in [-0.2, -0.15) is 8.42 Å². The predicted molar refractivity (Wildman–Crippen MR) is 71.7 cm³/mol. The Morgan fingerprint density at radius 3 is 2.55 bits per heavy atom. The average Bonchev–Trinajstić information content (AvgIpc) is 2.36. The zero-order valence-corrected chi connectivity index (χ0v) is 12.2. The smallest absolute Gasteiger partial charge is 0.339 e. The van der Waals surface area contributed by atoms with E-state index in [0.29, 0.717) is 12.0 Å². The highest BCUT2D eigenvalue weighted by atomic mass is 32.2. The van der Waals surface area contributed by atoms with Gasteiger partial charge in [-0.1, -0.05) is 23.5 Å². The van der Waals surface area contributed by atoms with E-state index in [4.69, 9.17) is 4.74 Å². The maximum absolute atomic E-state index is 12.0. The van der Waals surface area contributed by atoms with Crippen LogP contribution in [0, 0.1) is 0 Å². The molecule has 6 nitrogen and oxygen atoms in total. The average molecular weight is 297 g/mol. The van der Waals surface area contributed by atoms with Gasteiger partial charge in [0.2, 0.25) is 0 Å². The van der Waals surface area contributed by atoms with Gasteiger partial charge in [0.15, 0.2) is 0 Å². The van der Waals surface area contributed by atoms with Crippen molar-refractivity contribution < 1.29 is 22.7 Å². The van der Waals surface area contributed by atoms with E-state index in [2.05, 4.69) is 4.40 Å². The zero-order chi connectivity index (χ0) is 15.3. The van der Waals surface area contributed by atoms with Gasteiger partial charge in [0, 0.05) is 0 Å². The molecule has 0 saturated heterocycles. The molecule has 0 atom stereocenters. The van der Waals surface area contributed by atoms with Crippen molar-refractivity contribution in [1.29, 1.82) is 0 Å². The van der Waals surface area contributed by atoms with Crippen LogP contribution < -0.4 is 0 Å². The number of carbonyl (C=O) groups excluding carboxylic acids is 2. The second-order valence-electron chi connectivity index (χ2n) is 4.26. The van der Waals surface area contributed by atoms with Crippen LogP contribution in [-0.2, 0) is 26.0 Å². The van der Waals surface area contributed by atoms with E-state index < -0.39 is 22.1 Å². The number of hydrogen-bond acceptors (Lipinski definition) is 5. The molecule has 0 bridgehead atoms. The number of hydrogen-bond donors (Lipinski definition) is 0. The van der Waals surface area contributed by atoms with Gasteiger partial charge in [-0.05, 0) is 31.9 Å². The summed E-state index contributed by atoms with van der Waals surface area (Å²) in [4.78, 5) is 21.9. The van der Waals surface area contributed by atoms with Gasteiger partial charge in [-0.25, -0.2) is 9.59 Å². The maximum Gasteiger partial charge on any atom is 0.339 e. The number of isocyanates is 1. The molecule has 0 unspecified atom stereocenters. The number of benzene rings is 1. The second-order valence-corrected chi connectivity index (χ2v) is 5.80. The van der Waals surface area contributed by atoms with Crippen molar-refractivity contribution in [3.8, 4) is 0 Å². The third kappa shape index (κ3) is 3.53. The highest BCUT2D eigenvalue weighted by Gasteiger charge is 2.26. The number of carbonyl (C=O) groups is 1. The fourth-order valence-electron chi connectivity index (χ4n) is 1.70. The van der Waals surface area contributed by atoms with E-state index in [1.54, 1.807) is 32.9 Å². The highest BCUT2D eigenvalue weighted by molar-refractivity contribution is 7.90. The summed E-state index contributed by atoms with van der Waals surface area (Å²) in [7, 11) is -4.26. The Balaban J connectivity index is 3.55. The largest absolute Gasteiger partial charge is 0.459 e. The molecule has 1 aromatic rings. The SMILES string of the molecule is CCc1cccc(C(=O)OC(C)C)c1S(=O)(=O)N=C=O. The summed E-state index contributed by atoms with van der Waals surface area (Å²) < 4.78 is 31.8. The first kappa shape index (κ1) is 16.1. The van der Waals surface area contributed by atoms with E-state index in [9.17, 15) is 18.0 Å². The molecule has 0 amide bonds. The summed E-state index contributed by atoms with van der Waals surface area (Å²) >= 11 is 0. The minimum atomic E-state index is -4.26. The van der Waals surface area contributed by atoms with Crippen molar-refractivity contribution in [2.75, 3.05) is 0 Å². The van der Waals surface area contributed by atoms with Crippen LogP contribution in [0.1, 0.15) is 36.7 Å². The summed E-state index contributed by atoms with van der Waals surface area (Å²) in [6.07, 6.45) is 0.976. The van der Waals surface area contributed by atoms with E-state index in [-0.39, 0.29) is 10.5 Å². The van der Waals surface area contributed by atoms with Gasteiger partial charge in [-0.15, -0.1) is 0 Å². The minimum absolute atomic E-state index is 0.128. The molecule has 0 N–H and O–H groups in total. The molecule has 0 aliphatic rings. The Hall–Kier alpha value is -1.98. The molecule has 0 aromatic heterocycles. The van der Waals surface area contributed by atoms with Crippen LogP contribution in [0.15, 0.2) is 27.5 Å². The first-order chi connectivity index (χ1) is 9.33. The van der Waals surface area contributed by atoms with Crippen LogP contribution >= 0.6 is 0 Å². The monoisotopic (exact) mass is 297 g/mol. The summed E-state index contributed by atoms with van der Waals surface area (Å²) in [5.41, 5.74) is 0.263. The topological polar surface area (TPSA) is 89.9 Å². The van der Waals surface area contributed by atoms with Gasteiger partial charge in [0.1, 0.15) is 4.90 Å². The molecular formula is C13H15NO5S. The number of sulfonamides is 1. The Morgan fingerprint density at radius 2 is 2.05 bits per heavy atom. The van der Waals surface area contributed by atoms with Gasteiger partial charge >= 0.3 is 5.97 Å². The standard InChI is InChI=1S/C13H15NO5S/c1-4-10-6-5-7-11(13(16)19-9(2)3)12(10)20(17,18)14-8-15/h5-7,9H,4H2,1-3H3. The molecule has 108 valence electrons. The van der Waals surface area contributed by atoms with Crippen LogP contribution in [0.3, 0.4) is 0 Å². The summed E-state index contributed by atoms with van der Waals surface area (Å²) in [6, 6.07) is 4.44. The summed E-state index contributed by atoms with van der Waals surface area (Å²) in [5, 5.41) is 0. The normalized spacial score (nSPS) is 11.0. The van der Waals surface area contributed by atoms with Crippen LogP contribution in [-0.4, -0.2) is 26.6 Å². The van der Waals surface area contributed by atoms with Crippen LogP contribution in [0.5, 0.6) is 0 Å². The van der Waals surface area contributed by atoms with Gasteiger partial charge in [-0.3, -0.25) is 0 Å². The molecule has 0 fully saturated rings. The molecular weight excluding hydrogens is 282 g/mol. The van der Waals surface area contributed by atoms with Crippen LogP contribution in [0.25, 0.3) is 0 Å². The Labute approximate surface area is 117 Å². The third-order valence-corrected chi connectivity index (χ3v) is 3.77. The molecule has 0 heterocycles. The number of rotatable bonds is 5. The van der Waals surface area contributed by atoms with Gasteiger partial charge < -0.3 is 4.74 Å². The maximum atomic E-state index is 12.0. The highest BCUT2D eigenvalue weighted by Crippen LogP contribution is 2.24. The fourth-order valence-corrected chi connectivity index (χ4v) is 2.86. The quantitative estimate of drug-likeness (QED) is 0.470. The lowest BCUT2D eigenvalue weighted by atomic mass is 10.1. The van der Waals surface area contributed by atoms with Gasteiger partial charge in [0.05, 0.1) is 11.7 Å². The van der Waals surface area contributed by atoms with Crippen molar-refractivity contribution in [3.63, 3.8) is 0 Å². The molecule has 1 rings (SSSR count). The van der Waals surface area contributed by atoms with Crippen molar-refractivity contribution >= 4 is 22.1 Å². The van der Waals surface area contributed by atoms with Crippen molar-refractivity contribution in [3.05, 3.63) is 29.3 Å². The predicted octanol–water partition coefficient (Wildman–Crippen LogP) is 1.84. The van der Waals surface area contributed by atoms with E-state index in [1.807, 2.05) is 0 Å². The van der Waals surface area contributed by atoms with Crippen molar-refractivity contribution in [2.45, 2.75) is 38.2 Å². The molecule has 7 heteroatoms. The van der Waals surface area contributed by atoms with E-state index in [1.165, 1.54) is 6.07 Å². The van der Waals surface area contributed by atoms with Gasteiger partial charge in [0.25, 0.3) is 16.1 Å². The van der Waals surface area contributed by atoms with Crippen LogP contribution in [0.4, 0.5) is 0 Å². The van der Waals surface area contributed by atoms with E-state index in [0.717, 1.165) is 6.08 Å². The zero-order valence-electron chi connectivity index (χ0n) is 11.4. The molecule has 0 radical (unpaired) electrons. The lowest BCUT2D eigenvalue weighted by molar-refractivity contribution is 0.0373. The molecule has 1 aromatic carbocycles. The minimum Gasteiger partial charge on any atom is -0.459 e. The third-order valence-electron chi connectivity index (χ3n) is 2.46. The molecule has 20 heavy (non-hydrogen) atoms.